The summed E-state index contributed by atoms with van der Waals surface area (Å²) in [6, 6.07) is 9.52. The van der Waals surface area contributed by atoms with Crippen LogP contribution in [0.2, 0.25) is 5.02 Å². The average molecular weight is 260 g/mol. The van der Waals surface area contributed by atoms with Gasteiger partial charge < -0.3 is 0 Å². The zero-order chi connectivity index (χ0) is 13.1. The van der Waals surface area contributed by atoms with E-state index >= 15 is 0 Å². The second-order valence-corrected chi connectivity index (χ2v) is 4.84. The van der Waals surface area contributed by atoms with E-state index in [9.17, 15) is 4.79 Å². The zero-order valence-corrected chi connectivity index (χ0v) is 11.2. The summed E-state index contributed by atoms with van der Waals surface area (Å²) in [4.78, 5) is 16.1. The molecule has 0 fully saturated rings. The van der Waals surface area contributed by atoms with Gasteiger partial charge in [0.2, 0.25) is 0 Å². The molecule has 0 saturated heterocycles. The first-order valence-electron chi connectivity index (χ1n) is 5.77. The summed E-state index contributed by atoms with van der Waals surface area (Å²) in [6.07, 6.45) is 1.92. The summed E-state index contributed by atoms with van der Waals surface area (Å²) < 4.78 is 0. The van der Waals surface area contributed by atoms with E-state index in [0.29, 0.717) is 17.1 Å². The maximum Gasteiger partial charge on any atom is 0.187 e. The van der Waals surface area contributed by atoms with Crippen LogP contribution in [0.3, 0.4) is 0 Å². The molecule has 2 nitrogen and oxygen atoms in total. The molecule has 1 aromatic heterocycles. The van der Waals surface area contributed by atoms with E-state index in [1.165, 1.54) is 0 Å². The second-order valence-electron chi connectivity index (χ2n) is 4.43. The molecule has 1 aromatic carbocycles. The van der Waals surface area contributed by atoms with Crippen molar-refractivity contribution in [2.75, 3.05) is 0 Å². The second kappa shape index (κ2) is 5.32. The number of hydrogen-bond donors (Lipinski definition) is 0. The third kappa shape index (κ3) is 2.96. The van der Waals surface area contributed by atoms with E-state index in [1.54, 1.807) is 18.3 Å². The molecule has 0 amide bonds. The van der Waals surface area contributed by atoms with Gasteiger partial charge >= 0.3 is 0 Å². The molecule has 0 atom stereocenters. The molecule has 0 aliphatic heterocycles. The van der Waals surface area contributed by atoms with Crippen molar-refractivity contribution in [3.05, 3.63) is 63.9 Å². The van der Waals surface area contributed by atoms with Gasteiger partial charge in [-0.3, -0.25) is 9.78 Å². The van der Waals surface area contributed by atoms with E-state index < -0.39 is 0 Å². The van der Waals surface area contributed by atoms with Crippen LogP contribution in [-0.2, 0) is 6.42 Å². The molecule has 1 heterocycles. The van der Waals surface area contributed by atoms with Gasteiger partial charge in [-0.25, -0.2) is 0 Å². The summed E-state index contributed by atoms with van der Waals surface area (Å²) in [5, 5.41) is 0.409. The Balaban J connectivity index is 2.24. The smallest absolute Gasteiger partial charge is 0.187 e. The standard InChI is InChI=1S/C15H14ClNO/c1-10-6-11(2)8-12(7-10)9-14(18)15-13(16)4-3-5-17-15/h3-8H,9H2,1-2H3. The number of halogens is 1. The number of carbonyl (C=O) groups is 1. The maximum absolute atomic E-state index is 12.1. The quantitative estimate of drug-likeness (QED) is 0.786. The molecule has 92 valence electrons. The Kier molecular flexibility index (Phi) is 3.78. The van der Waals surface area contributed by atoms with Crippen LogP contribution < -0.4 is 0 Å². The van der Waals surface area contributed by atoms with Gasteiger partial charge in [0, 0.05) is 12.6 Å². The Morgan fingerprint density at radius 2 is 1.89 bits per heavy atom. The molecule has 0 unspecified atom stereocenters. The zero-order valence-electron chi connectivity index (χ0n) is 10.4. The van der Waals surface area contributed by atoms with Crippen molar-refractivity contribution in [1.29, 1.82) is 0 Å². The van der Waals surface area contributed by atoms with Crippen molar-refractivity contribution >= 4 is 17.4 Å². The van der Waals surface area contributed by atoms with Gasteiger partial charge in [-0.1, -0.05) is 40.9 Å². The van der Waals surface area contributed by atoms with Gasteiger partial charge in [0.25, 0.3) is 0 Å². The summed E-state index contributed by atoms with van der Waals surface area (Å²) in [7, 11) is 0. The molecule has 2 rings (SSSR count). The summed E-state index contributed by atoms with van der Waals surface area (Å²) in [5.41, 5.74) is 3.66. The van der Waals surface area contributed by atoms with Crippen LogP contribution in [0, 0.1) is 13.8 Å². The lowest BCUT2D eigenvalue weighted by molar-refractivity contribution is 0.0988. The van der Waals surface area contributed by atoms with Crippen LogP contribution in [-0.4, -0.2) is 10.8 Å². The minimum Gasteiger partial charge on any atom is -0.292 e. The number of ketones is 1. The molecule has 0 bridgehead atoms. The van der Waals surface area contributed by atoms with Gasteiger partial charge in [0.1, 0.15) is 5.69 Å². The number of aromatic nitrogens is 1. The van der Waals surface area contributed by atoms with E-state index in [1.807, 2.05) is 26.0 Å². The highest BCUT2D eigenvalue weighted by Gasteiger charge is 2.12. The predicted molar refractivity (Wildman–Crippen MR) is 73.2 cm³/mol. The molecule has 0 radical (unpaired) electrons. The molecule has 18 heavy (non-hydrogen) atoms. The number of benzene rings is 1. The Bertz CT molecular complexity index is 573. The SMILES string of the molecule is Cc1cc(C)cc(CC(=O)c2ncccc2Cl)c1. The number of hydrogen-bond acceptors (Lipinski definition) is 2. The highest BCUT2D eigenvalue weighted by Crippen LogP contribution is 2.16. The minimum atomic E-state index is -0.0504. The third-order valence-electron chi connectivity index (χ3n) is 2.67. The lowest BCUT2D eigenvalue weighted by atomic mass is 10.0. The predicted octanol–water partition coefficient (Wildman–Crippen LogP) is 3.78. The topological polar surface area (TPSA) is 30.0 Å². The van der Waals surface area contributed by atoms with E-state index in [-0.39, 0.29) is 5.78 Å². The van der Waals surface area contributed by atoms with Crippen LogP contribution in [0.5, 0.6) is 0 Å². The van der Waals surface area contributed by atoms with Gasteiger partial charge in [-0.05, 0) is 31.5 Å². The van der Waals surface area contributed by atoms with Gasteiger partial charge in [0.15, 0.2) is 5.78 Å². The number of pyridine rings is 1. The largest absolute Gasteiger partial charge is 0.292 e. The van der Waals surface area contributed by atoms with Gasteiger partial charge in [-0.15, -0.1) is 0 Å². The summed E-state index contributed by atoms with van der Waals surface area (Å²) in [6.45, 7) is 4.05. The Hall–Kier alpha value is -1.67. The molecule has 0 aliphatic carbocycles. The van der Waals surface area contributed by atoms with Gasteiger partial charge in [0.05, 0.1) is 5.02 Å². The molecule has 0 N–H and O–H groups in total. The molecule has 0 spiro atoms. The lowest BCUT2D eigenvalue weighted by Gasteiger charge is -2.05. The monoisotopic (exact) mass is 259 g/mol. The molecule has 2 aromatic rings. The molecule has 0 aliphatic rings. The Morgan fingerprint density at radius 1 is 1.22 bits per heavy atom. The first-order valence-corrected chi connectivity index (χ1v) is 6.15. The van der Waals surface area contributed by atoms with Crippen LogP contribution in [0.25, 0.3) is 0 Å². The fourth-order valence-electron chi connectivity index (χ4n) is 2.03. The Labute approximate surface area is 112 Å². The van der Waals surface area contributed by atoms with Crippen molar-refractivity contribution < 1.29 is 4.79 Å². The highest BCUT2D eigenvalue weighted by atomic mass is 35.5. The first-order chi connectivity index (χ1) is 8.56. The number of nitrogens with zero attached hydrogens (tertiary/aromatic N) is 1. The van der Waals surface area contributed by atoms with Crippen molar-refractivity contribution in [1.82, 2.24) is 4.98 Å². The van der Waals surface area contributed by atoms with Crippen LogP contribution in [0.4, 0.5) is 0 Å². The highest BCUT2D eigenvalue weighted by molar-refractivity contribution is 6.33. The van der Waals surface area contributed by atoms with Crippen LogP contribution in [0.15, 0.2) is 36.5 Å². The number of carbonyl (C=O) groups excluding carboxylic acids is 1. The third-order valence-corrected chi connectivity index (χ3v) is 2.97. The van der Waals surface area contributed by atoms with Crippen molar-refractivity contribution in [2.24, 2.45) is 0 Å². The summed E-state index contributed by atoms with van der Waals surface area (Å²) in [5.74, 6) is -0.0504. The van der Waals surface area contributed by atoms with E-state index in [0.717, 1.165) is 16.7 Å². The average Bonchev–Trinajstić information content (AvgIpc) is 2.27. The van der Waals surface area contributed by atoms with E-state index in [4.69, 9.17) is 11.6 Å². The molecule has 3 heteroatoms. The van der Waals surface area contributed by atoms with Crippen LogP contribution in [0.1, 0.15) is 27.2 Å². The first kappa shape index (κ1) is 12.8. The molecule has 0 saturated carbocycles. The van der Waals surface area contributed by atoms with Crippen molar-refractivity contribution in [2.45, 2.75) is 20.3 Å². The number of Topliss-reactive ketones (excluding diaryl/α,β-unsaturated/α-hetero) is 1. The fourth-order valence-corrected chi connectivity index (χ4v) is 2.26. The minimum absolute atomic E-state index is 0.0504. The number of rotatable bonds is 3. The van der Waals surface area contributed by atoms with Crippen LogP contribution >= 0.6 is 11.6 Å². The Morgan fingerprint density at radius 3 is 2.50 bits per heavy atom. The normalized spacial score (nSPS) is 10.4. The van der Waals surface area contributed by atoms with Gasteiger partial charge in [-0.2, -0.15) is 0 Å². The van der Waals surface area contributed by atoms with Crippen molar-refractivity contribution in [3.8, 4) is 0 Å². The fraction of sp³-hybridized carbons (Fsp3) is 0.200. The summed E-state index contributed by atoms with van der Waals surface area (Å²) >= 11 is 5.96. The number of aryl methyl sites for hydroxylation is 2. The maximum atomic E-state index is 12.1. The molecular weight excluding hydrogens is 246 g/mol. The van der Waals surface area contributed by atoms with E-state index in [2.05, 4.69) is 11.1 Å². The van der Waals surface area contributed by atoms with Crippen molar-refractivity contribution in [3.63, 3.8) is 0 Å². The lowest BCUT2D eigenvalue weighted by Crippen LogP contribution is -2.07. The molecular formula is C15H14ClNO.